The maximum absolute atomic E-state index is 11.8. The molecule has 1 atom stereocenters. The molecule has 1 heterocycles. The largest absolute Gasteiger partial charge is 0.482 e. The number of nitrogens with one attached hydrogen (secondary N) is 1. The predicted octanol–water partition coefficient (Wildman–Crippen LogP) is 0.723. The molecule has 0 radical (unpaired) electrons. The molecule has 0 saturated carbocycles. The number of ether oxygens (including phenoxy) is 3. The summed E-state index contributed by atoms with van der Waals surface area (Å²) in [5, 5.41) is 3.15. The van der Waals surface area contributed by atoms with Crippen LogP contribution in [0.25, 0.3) is 0 Å². The third-order valence-electron chi connectivity index (χ3n) is 3.73. The lowest BCUT2D eigenvalue weighted by Crippen LogP contribution is -2.33. The molecule has 0 unspecified atom stereocenters. The summed E-state index contributed by atoms with van der Waals surface area (Å²) in [5.74, 6) is -0.470. The molecule has 1 fully saturated rings. The Morgan fingerprint density at radius 1 is 1.42 bits per heavy atom. The highest BCUT2D eigenvalue weighted by atomic mass is 16.5. The summed E-state index contributed by atoms with van der Waals surface area (Å²) >= 11 is 0. The second kappa shape index (κ2) is 7.87. The zero-order valence-corrected chi connectivity index (χ0v) is 14.1. The lowest BCUT2D eigenvalue weighted by Gasteiger charge is -2.27. The minimum atomic E-state index is -0.512. The second-order valence-corrected chi connectivity index (χ2v) is 5.67. The number of amides is 1. The Hall–Kier alpha value is -2.48. The van der Waals surface area contributed by atoms with E-state index in [1.165, 1.54) is 18.1 Å². The molecule has 132 valence electrons. The molecule has 8 nitrogen and oxygen atoms in total. The summed E-state index contributed by atoms with van der Waals surface area (Å²) in [7, 11) is 4.56. The van der Waals surface area contributed by atoms with Gasteiger partial charge in [-0.2, -0.15) is 0 Å². The monoisotopic (exact) mass is 337 g/mol. The maximum atomic E-state index is 11.8. The van der Waals surface area contributed by atoms with Gasteiger partial charge in [0.15, 0.2) is 6.61 Å². The maximum Gasteiger partial charge on any atom is 0.338 e. The molecule has 1 aliphatic rings. The lowest BCUT2D eigenvalue weighted by atomic mass is 10.1. The summed E-state index contributed by atoms with van der Waals surface area (Å²) in [5.41, 5.74) is 7.25. The molecule has 1 aromatic rings. The fourth-order valence-corrected chi connectivity index (χ4v) is 2.07. The third kappa shape index (κ3) is 4.29. The fraction of sp³-hybridized carbons (Fsp3) is 0.500. The number of hydrogen-bond donors (Lipinski definition) is 2. The molecule has 0 aliphatic carbocycles. The van der Waals surface area contributed by atoms with Crippen LogP contribution in [-0.2, 0) is 14.3 Å². The predicted molar refractivity (Wildman–Crippen MR) is 89.2 cm³/mol. The molecule has 1 amide bonds. The van der Waals surface area contributed by atoms with Crippen molar-refractivity contribution in [3.63, 3.8) is 0 Å². The van der Waals surface area contributed by atoms with Crippen molar-refractivity contribution >= 4 is 23.3 Å². The van der Waals surface area contributed by atoms with Crippen molar-refractivity contribution < 1.29 is 23.8 Å². The molecule has 3 N–H and O–H groups in total. The molecule has 0 spiro atoms. The number of anilines is 2. The number of hydrogen-bond acceptors (Lipinski definition) is 7. The lowest BCUT2D eigenvalue weighted by molar-refractivity contribution is -0.130. The summed E-state index contributed by atoms with van der Waals surface area (Å²) in [6, 6.07) is 3.07. The summed E-state index contributed by atoms with van der Waals surface area (Å²) < 4.78 is 15.6. The van der Waals surface area contributed by atoms with E-state index in [9.17, 15) is 9.59 Å². The minimum absolute atomic E-state index is 0.130. The minimum Gasteiger partial charge on any atom is -0.482 e. The number of carbonyl (C=O) groups is 2. The van der Waals surface area contributed by atoms with Crippen molar-refractivity contribution in [1.29, 1.82) is 0 Å². The Kier molecular flexibility index (Phi) is 5.86. The average molecular weight is 337 g/mol. The van der Waals surface area contributed by atoms with Gasteiger partial charge in [0, 0.05) is 27.2 Å². The van der Waals surface area contributed by atoms with Gasteiger partial charge < -0.3 is 30.2 Å². The Balaban J connectivity index is 2.19. The molecule has 8 heteroatoms. The SMILES string of the molecule is COC(=O)c1cc(NC[C@@H]2CCO2)c(N)c(OCC(=O)N(C)C)c1. The van der Waals surface area contributed by atoms with E-state index in [0.717, 1.165) is 13.0 Å². The number of benzene rings is 1. The fourth-order valence-electron chi connectivity index (χ4n) is 2.07. The van der Waals surface area contributed by atoms with Gasteiger partial charge in [0.25, 0.3) is 5.91 Å². The Labute approximate surface area is 140 Å². The Morgan fingerprint density at radius 3 is 2.67 bits per heavy atom. The normalized spacial score (nSPS) is 16.0. The number of nitrogen functional groups attached to an aromatic ring is 1. The van der Waals surface area contributed by atoms with Gasteiger partial charge in [-0.25, -0.2) is 4.79 Å². The van der Waals surface area contributed by atoms with Crippen LogP contribution in [0.4, 0.5) is 11.4 Å². The van der Waals surface area contributed by atoms with Crippen LogP contribution in [-0.4, -0.2) is 63.8 Å². The van der Waals surface area contributed by atoms with Crippen molar-refractivity contribution in [3.05, 3.63) is 17.7 Å². The first kappa shape index (κ1) is 17.9. The number of methoxy groups -OCH3 is 1. The van der Waals surface area contributed by atoms with Gasteiger partial charge in [-0.05, 0) is 18.6 Å². The average Bonchev–Trinajstić information content (AvgIpc) is 2.52. The van der Waals surface area contributed by atoms with Crippen LogP contribution in [0.2, 0.25) is 0 Å². The van der Waals surface area contributed by atoms with Crippen LogP contribution in [0.15, 0.2) is 12.1 Å². The first-order valence-corrected chi connectivity index (χ1v) is 7.62. The van der Waals surface area contributed by atoms with Gasteiger partial charge in [0.2, 0.25) is 0 Å². The van der Waals surface area contributed by atoms with E-state index in [-0.39, 0.29) is 29.9 Å². The van der Waals surface area contributed by atoms with Gasteiger partial charge in [0.1, 0.15) is 5.75 Å². The molecular formula is C16H23N3O5. The van der Waals surface area contributed by atoms with Crippen LogP contribution in [0, 0.1) is 0 Å². The quantitative estimate of drug-likeness (QED) is 0.558. The summed E-state index contributed by atoms with van der Waals surface area (Å²) in [6.45, 7) is 1.16. The van der Waals surface area contributed by atoms with E-state index < -0.39 is 5.97 Å². The smallest absolute Gasteiger partial charge is 0.338 e. The number of esters is 1. The summed E-state index contributed by atoms with van der Waals surface area (Å²) in [6.07, 6.45) is 1.11. The standard InChI is InChI=1S/C16H23N3O5/c1-19(2)14(20)9-24-13-7-10(16(21)22-3)6-12(15(13)17)18-8-11-4-5-23-11/h6-7,11,18H,4-5,8-9,17H2,1-3H3/t11-/m0/s1. The Bertz CT molecular complexity index is 614. The zero-order valence-electron chi connectivity index (χ0n) is 14.1. The molecular weight excluding hydrogens is 314 g/mol. The molecule has 1 saturated heterocycles. The topological polar surface area (TPSA) is 103 Å². The van der Waals surface area contributed by atoms with Gasteiger partial charge in [-0.1, -0.05) is 0 Å². The Morgan fingerprint density at radius 2 is 2.12 bits per heavy atom. The molecule has 0 bridgehead atoms. The van der Waals surface area contributed by atoms with Crippen LogP contribution in [0.3, 0.4) is 0 Å². The number of nitrogens with two attached hydrogens (primary N) is 1. The van der Waals surface area contributed by atoms with Gasteiger partial charge in [0.05, 0.1) is 30.2 Å². The van der Waals surface area contributed by atoms with Crippen LogP contribution in [0.1, 0.15) is 16.8 Å². The van der Waals surface area contributed by atoms with Gasteiger partial charge in [-0.3, -0.25) is 4.79 Å². The number of likely N-dealkylation sites (N-methyl/N-ethyl adjacent to an activating group) is 1. The van der Waals surface area contributed by atoms with E-state index in [4.69, 9.17) is 19.9 Å². The van der Waals surface area contributed by atoms with E-state index in [2.05, 4.69) is 5.32 Å². The first-order chi connectivity index (χ1) is 11.4. The van der Waals surface area contributed by atoms with E-state index in [1.807, 2.05) is 0 Å². The van der Waals surface area contributed by atoms with E-state index >= 15 is 0 Å². The first-order valence-electron chi connectivity index (χ1n) is 7.62. The van der Waals surface area contributed by atoms with Gasteiger partial charge >= 0.3 is 5.97 Å². The third-order valence-corrected chi connectivity index (χ3v) is 3.73. The zero-order chi connectivity index (χ0) is 17.7. The highest BCUT2D eigenvalue weighted by Crippen LogP contribution is 2.32. The molecule has 24 heavy (non-hydrogen) atoms. The van der Waals surface area contributed by atoms with Crippen LogP contribution < -0.4 is 15.8 Å². The highest BCUT2D eigenvalue weighted by molar-refractivity contribution is 5.93. The van der Waals surface area contributed by atoms with Crippen molar-refractivity contribution in [2.45, 2.75) is 12.5 Å². The van der Waals surface area contributed by atoms with E-state index in [1.54, 1.807) is 20.2 Å². The summed E-state index contributed by atoms with van der Waals surface area (Å²) in [4.78, 5) is 24.9. The molecule has 1 aliphatic heterocycles. The van der Waals surface area contributed by atoms with E-state index in [0.29, 0.717) is 17.9 Å². The molecule has 2 rings (SSSR count). The second-order valence-electron chi connectivity index (χ2n) is 5.67. The molecule has 0 aromatic heterocycles. The van der Waals surface area contributed by atoms with Crippen molar-refractivity contribution in [3.8, 4) is 5.75 Å². The number of rotatable bonds is 7. The van der Waals surface area contributed by atoms with Crippen molar-refractivity contribution in [2.75, 3.05) is 52.0 Å². The van der Waals surface area contributed by atoms with Crippen LogP contribution in [0.5, 0.6) is 5.75 Å². The van der Waals surface area contributed by atoms with Crippen LogP contribution >= 0.6 is 0 Å². The highest BCUT2D eigenvalue weighted by Gasteiger charge is 2.20. The number of nitrogens with zero attached hydrogens (tertiary/aromatic N) is 1. The van der Waals surface area contributed by atoms with Crippen molar-refractivity contribution in [1.82, 2.24) is 4.90 Å². The van der Waals surface area contributed by atoms with Crippen molar-refractivity contribution in [2.24, 2.45) is 0 Å². The number of carbonyl (C=O) groups excluding carboxylic acids is 2. The van der Waals surface area contributed by atoms with Gasteiger partial charge in [-0.15, -0.1) is 0 Å². The molecule has 1 aromatic carbocycles.